The summed E-state index contributed by atoms with van der Waals surface area (Å²) in [7, 11) is 0. The average Bonchev–Trinajstić information content (AvgIpc) is 3.58. The second-order valence-corrected chi connectivity index (χ2v) is 11.2. The van der Waals surface area contributed by atoms with Crippen molar-refractivity contribution in [2.24, 2.45) is 4.99 Å². The number of carbonyl (C=O) groups is 2. The van der Waals surface area contributed by atoms with Gasteiger partial charge in [0.05, 0.1) is 17.1 Å². The summed E-state index contributed by atoms with van der Waals surface area (Å²) in [5, 5.41) is 6.53. The maximum Gasteiger partial charge on any atom is 0.573 e. The van der Waals surface area contributed by atoms with Crippen LogP contribution in [0.15, 0.2) is 65.9 Å². The number of ether oxygens (including phenoxy) is 2. The van der Waals surface area contributed by atoms with E-state index >= 15 is 0 Å². The van der Waals surface area contributed by atoms with Crippen molar-refractivity contribution in [2.45, 2.75) is 39.7 Å². The molecule has 1 fully saturated rings. The number of aryl methyl sites for hydroxylation is 1. The molecule has 1 aliphatic heterocycles. The Labute approximate surface area is 263 Å². The molecule has 1 saturated heterocycles. The van der Waals surface area contributed by atoms with E-state index in [4.69, 9.17) is 4.74 Å². The fourth-order valence-electron chi connectivity index (χ4n) is 4.45. The summed E-state index contributed by atoms with van der Waals surface area (Å²) >= 11 is 1.07. The van der Waals surface area contributed by atoms with Gasteiger partial charge < -0.3 is 14.8 Å². The van der Waals surface area contributed by atoms with Gasteiger partial charge >= 0.3 is 12.4 Å². The van der Waals surface area contributed by atoms with E-state index in [9.17, 15) is 31.5 Å². The van der Waals surface area contributed by atoms with Crippen molar-refractivity contribution in [3.05, 3.63) is 89.5 Å². The summed E-state index contributed by atoms with van der Waals surface area (Å²) in [6.45, 7) is 5.39. The average molecular weight is 661 g/mol. The summed E-state index contributed by atoms with van der Waals surface area (Å²) in [5.74, 6) is -3.51. The summed E-state index contributed by atoms with van der Waals surface area (Å²) in [6, 6.07) is 11.2. The molecule has 5 rings (SSSR count). The molecule has 1 aromatic heterocycles. The van der Waals surface area contributed by atoms with Gasteiger partial charge in [-0.15, -0.1) is 18.3 Å². The first-order valence-electron chi connectivity index (χ1n) is 13.6. The van der Waals surface area contributed by atoms with Crippen LogP contribution in [0.4, 0.5) is 38.1 Å². The van der Waals surface area contributed by atoms with Gasteiger partial charge in [0.25, 0.3) is 0 Å². The molecule has 0 atom stereocenters. The molecular weight excluding hydrogens is 635 g/mol. The summed E-state index contributed by atoms with van der Waals surface area (Å²) in [4.78, 5) is 34.9. The molecule has 2 heterocycles. The van der Waals surface area contributed by atoms with Gasteiger partial charge in [-0.1, -0.05) is 37.7 Å². The van der Waals surface area contributed by atoms with E-state index < -0.39 is 42.1 Å². The zero-order chi connectivity index (χ0) is 33.2. The highest BCUT2D eigenvalue weighted by Crippen LogP contribution is 2.34. The first-order chi connectivity index (χ1) is 21.8. The lowest BCUT2D eigenvalue weighted by Crippen LogP contribution is -2.31. The number of aromatic nitrogens is 3. The molecule has 3 amide bonds. The maximum absolute atomic E-state index is 14.8. The van der Waals surface area contributed by atoms with E-state index in [1.165, 1.54) is 28.0 Å². The number of hydrogen-bond acceptors (Lipinski definition) is 7. The van der Waals surface area contributed by atoms with Gasteiger partial charge in [0.1, 0.15) is 18.7 Å². The number of benzene rings is 3. The lowest BCUT2D eigenvalue weighted by Gasteiger charge is -2.22. The normalized spacial score (nSPS) is 14.3. The van der Waals surface area contributed by atoms with Gasteiger partial charge in [0.15, 0.2) is 28.4 Å². The third kappa shape index (κ3) is 7.62. The minimum Gasteiger partial charge on any atom is -0.479 e. The smallest absolute Gasteiger partial charge is 0.479 e. The number of thioether (sulfide) groups is 1. The number of amidine groups is 1. The third-order valence-electron chi connectivity index (χ3n) is 6.48. The highest BCUT2D eigenvalue weighted by Gasteiger charge is 2.33. The lowest BCUT2D eigenvalue weighted by atomic mass is 9.99. The molecule has 240 valence electrons. The maximum atomic E-state index is 14.8. The molecule has 1 N–H and O–H groups in total. The van der Waals surface area contributed by atoms with Crippen LogP contribution in [0.1, 0.15) is 36.7 Å². The van der Waals surface area contributed by atoms with E-state index in [2.05, 4.69) is 25.1 Å². The second-order valence-electron chi connectivity index (χ2n) is 10.3. The van der Waals surface area contributed by atoms with Crippen LogP contribution in [0.3, 0.4) is 0 Å². The van der Waals surface area contributed by atoms with Crippen molar-refractivity contribution in [3.63, 3.8) is 0 Å². The minimum absolute atomic E-state index is 0.0185. The topological polar surface area (TPSA) is 111 Å². The van der Waals surface area contributed by atoms with E-state index in [-0.39, 0.29) is 34.3 Å². The SMILES string of the molecule is Cc1ccc(C(C)C)c(N2C(=O)CSC2=NC(=O)Nc2cc(F)c(OCc3ncn(-c4ccc(OC(F)(F)F)cc4)n3)c(F)c2)c1. The second kappa shape index (κ2) is 13.2. The molecule has 0 radical (unpaired) electrons. The van der Waals surface area contributed by atoms with Crippen molar-refractivity contribution in [3.8, 4) is 17.2 Å². The number of alkyl halides is 3. The van der Waals surface area contributed by atoms with Crippen LogP contribution >= 0.6 is 11.8 Å². The Hall–Kier alpha value is -4.99. The number of nitrogens with one attached hydrogen (secondary N) is 1. The quantitative estimate of drug-likeness (QED) is 0.200. The zero-order valence-corrected chi connectivity index (χ0v) is 25.2. The van der Waals surface area contributed by atoms with Crippen LogP contribution in [0.25, 0.3) is 5.69 Å². The number of carbonyl (C=O) groups excluding carboxylic acids is 2. The van der Waals surface area contributed by atoms with Crippen LogP contribution in [0, 0.1) is 18.6 Å². The van der Waals surface area contributed by atoms with Gasteiger partial charge in [0, 0.05) is 17.8 Å². The third-order valence-corrected chi connectivity index (χ3v) is 7.40. The molecule has 4 aromatic rings. The van der Waals surface area contributed by atoms with Gasteiger partial charge in [-0.05, 0) is 54.3 Å². The van der Waals surface area contributed by atoms with E-state index in [0.717, 1.165) is 47.2 Å². The Bertz CT molecular complexity index is 1790. The number of rotatable bonds is 8. The predicted octanol–water partition coefficient (Wildman–Crippen LogP) is 7.12. The number of halogens is 5. The number of anilines is 2. The molecule has 0 aliphatic carbocycles. The highest BCUT2D eigenvalue weighted by molar-refractivity contribution is 8.15. The Balaban J connectivity index is 1.24. The van der Waals surface area contributed by atoms with Crippen LogP contribution < -0.4 is 19.7 Å². The van der Waals surface area contributed by atoms with Gasteiger partial charge in [-0.3, -0.25) is 9.69 Å². The molecule has 3 aromatic carbocycles. The molecule has 46 heavy (non-hydrogen) atoms. The molecule has 0 saturated carbocycles. The van der Waals surface area contributed by atoms with Gasteiger partial charge in [-0.2, -0.15) is 4.99 Å². The first kappa shape index (κ1) is 32.4. The van der Waals surface area contributed by atoms with Crippen LogP contribution in [0.2, 0.25) is 0 Å². The monoisotopic (exact) mass is 660 g/mol. The highest BCUT2D eigenvalue weighted by atomic mass is 32.2. The van der Waals surface area contributed by atoms with Gasteiger partial charge in [-0.25, -0.2) is 23.2 Å². The van der Waals surface area contributed by atoms with Crippen molar-refractivity contribution in [1.82, 2.24) is 14.8 Å². The van der Waals surface area contributed by atoms with Gasteiger partial charge in [0.2, 0.25) is 5.91 Å². The van der Waals surface area contributed by atoms with E-state index in [0.29, 0.717) is 11.4 Å². The summed E-state index contributed by atoms with van der Waals surface area (Å²) < 4.78 is 77.1. The number of aliphatic imine (C=N–C) groups is 1. The Morgan fingerprint density at radius 3 is 2.43 bits per heavy atom. The molecule has 16 heteroatoms. The molecule has 0 spiro atoms. The Kier molecular flexibility index (Phi) is 9.27. The van der Waals surface area contributed by atoms with E-state index in [1.807, 2.05) is 39.0 Å². The molecule has 10 nitrogen and oxygen atoms in total. The Morgan fingerprint density at radius 1 is 1.09 bits per heavy atom. The molecule has 0 bridgehead atoms. The fraction of sp³-hybridized carbons (Fsp3) is 0.233. The lowest BCUT2D eigenvalue weighted by molar-refractivity contribution is -0.274. The number of nitrogens with zero attached hydrogens (tertiary/aromatic N) is 5. The standard InChI is InChI=1S/C30H25F5N6O4S/c1-16(2)21-9-4-17(3)10-24(21)41-26(42)14-46-29(41)38-28(43)37-18-11-22(31)27(23(32)12-18)44-13-25-36-15-40(39-25)19-5-7-20(8-6-19)45-30(33,34)35/h4-12,15-16H,13-14H2,1-3H3,(H,37,43). The first-order valence-corrected chi connectivity index (χ1v) is 14.6. The van der Waals surface area contributed by atoms with Crippen molar-refractivity contribution < 1.29 is 41.0 Å². The number of urea groups is 1. The van der Waals surface area contributed by atoms with Crippen molar-refractivity contribution >= 4 is 40.2 Å². The predicted molar refractivity (Wildman–Crippen MR) is 160 cm³/mol. The zero-order valence-electron chi connectivity index (χ0n) is 24.4. The summed E-state index contributed by atoms with van der Waals surface area (Å²) in [6.07, 6.45) is -3.59. The van der Waals surface area contributed by atoms with Crippen molar-refractivity contribution in [1.29, 1.82) is 0 Å². The molecular formula is C30H25F5N6O4S. The fourth-order valence-corrected chi connectivity index (χ4v) is 5.31. The number of hydrogen-bond donors (Lipinski definition) is 1. The van der Waals surface area contributed by atoms with Crippen LogP contribution in [-0.2, 0) is 11.4 Å². The summed E-state index contributed by atoms with van der Waals surface area (Å²) in [5.41, 5.74) is 2.53. The van der Waals surface area contributed by atoms with Crippen LogP contribution in [-0.4, -0.2) is 44.0 Å². The Morgan fingerprint density at radius 2 is 1.78 bits per heavy atom. The number of amides is 3. The molecule has 0 unspecified atom stereocenters. The minimum atomic E-state index is -4.83. The molecule has 1 aliphatic rings. The van der Waals surface area contributed by atoms with Crippen LogP contribution in [0.5, 0.6) is 11.5 Å². The van der Waals surface area contributed by atoms with E-state index in [1.54, 1.807) is 0 Å². The van der Waals surface area contributed by atoms with Crippen molar-refractivity contribution in [2.75, 3.05) is 16.0 Å². The largest absolute Gasteiger partial charge is 0.573 e.